The number of rotatable bonds is 7. The van der Waals surface area contributed by atoms with E-state index in [1.165, 1.54) is 5.56 Å². The van der Waals surface area contributed by atoms with E-state index in [2.05, 4.69) is 11.1 Å². The zero-order valence-electron chi connectivity index (χ0n) is 16.5. The van der Waals surface area contributed by atoms with Crippen LogP contribution < -0.4 is 0 Å². The van der Waals surface area contributed by atoms with Crippen LogP contribution in [0.2, 0.25) is 0 Å². The standard InChI is InChI=1S/C22H30N2O2/c1-16-11-13-23-20(14-16)15-17(2)24(5)21(25)19-8-6-18(7-9-19)10-12-22(3,4)26/h6-9,11,13-14,17,26H,10,12,15H2,1-5H3/t17-/m0/s1. The number of amides is 1. The molecule has 140 valence electrons. The van der Waals surface area contributed by atoms with Gasteiger partial charge in [-0.25, -0.2) is 0 Å². The molecular formula is C22H30N2O2. The predicted octanol–water partition coefficient (Wildman–Crippen LogP) is 3.80. The molecule has 0 aliphatic carbocycles. The Bertz CT molecular complexity index is 733. The molecule has 26 heavy (non-hydrogen) atoms. The Balaban J connectivity index is 1.98. The van der Waals surface area contributed by atoms with Crippen LogP contribution in [0.4, 0.5) is 0 Å². The normalized spacial score (nSPS) is 12.7. The molecule has 0 radical (unpaired) electrons. The van der Waals surface area contributed by atoms with Crippen LogP contribution in [-0.4, -0.2) is 39.6 Å². The van der Waals surface area contributed by atoms with Gasteiger partial charge in [0.1, 0.15) is 0 Å². The summed E-state index contributed by atoms with van der Waals surface area (Å²) in [7, 11) is 1.84. The van der Waals surface area contributed by atoms with E-state index in [1.807, 2.05) is 71.3 Å². The second kappa shape index (κ2) is 8.45. The minimum absolute atomic E-state index is 0.0131. The van der Waals surface area contributed by atoms with Gasteiger partial charge < -0.3 is 10.0 Å². The zero-order valence-corrected chi connectivity index (χ0v) is 16.5. The van der Waals surface area contributed by atoms with Crippen molar-refractivity contribution in [3.63, 3.8) is 0 Å². The minimum Gasteiger partial charge on any atom is -0.390 e. The summed E-state index contributed by atoms with van der Waals surface area (Å²) in [5.74, 6) is 0.0131. The van der Waals surface area contributed by atoms with E-state index in [-0.39, 0.29) is 11.9 Å². The Labute approximate surface area is 156 Å². The van der Waals surface area contributed by atoms with Gasteiger partial charge in [-0.15, -0.1) is 0 Å². The van der Waals surface area contributed by atoms with Gasteiger partial charge in [0.25, 0.3) is 5.91 Å². The Morgan fingerprint density at radius 1 is 1.23 bits per heavy atom. The van der Waals surface area contributed by atoms with Crippen LogP contribution in [0.5, 0.6) is 0 Å². The molecular weight excluding hydrogens is 324 g/mol. The molecule has 1 amide bonds. The van der Waals surface area contributed by atoms with Crippen LogP contribution in [0.15, 0.2) is 42.6 Å². The summed E-state index contributed by atoms with van der Waals surface area (Å²) in [5.41, 5.74) is 3.32. The van der Waals surface area contributed by atoms with Crippen LogP contribution >= 0.6 is 0 Å². The van der Waals surface area contributed by atoms with Crippen LogP contribution in [0.25, 0.3) is 0 Å². The predicted molar refractivity (Wildman–Crippen MR) is 105 cm³/mol. The summed E-state index contributed by atoms with van der Waals surface area (Å²) in [4.78, 5) is 18.9. The summed E-state index contributed by atoms with van der Waals surface area (Å²) in [6, 6.07) is 11.8. The zero-order chi connectivity index (χ0) is 19.3. The molecule has 2 rings (SSSR count). The molecule has 0 aliphatic heterocycles. The van der Waals surface area contributed by atoms with Crippen LogP contribution in [-0.2, 0) is 12.8 Å². The number of nitrogens with zero attached hydrogens (tertiary/aromatic N) is 2. The molecule has 0 unspecified atom stereocenters. The molecule has 0 aliphatic rings. The van der Waals surface area contributed by atoms with Gasteiger partial charge in [0.15, 0.2) is 0 Å². The molecule has 0 saturated heterocycles. The fraction of sp³-hybridized carbons (Fsp3) is 0.455. The SMILES string of the molecule is Cc1ccnc(C[C@H](C)N(C)C(=O)c2ccc(CCC(C)(C)O)cc2)c1. The van der Waals surface area contributed by atoms with Gasteiger partial charge in [0.05, 0.1) is 5.60 Å². The van der Waals surface area contributed by atoms with Gasteiger partial charge in [-0.1, -0.05) is 12.1 Å². The van der Waals surface area contributed by atoms with Gasteiger partial charge in [0.2, 0.25) is 0 Å². The number of aryl methyl sites for hydroxylation is 2. The molecule has 0 fully saturated rings. The number of benzene rings is 1. The Hall–Kier alpha value is -2.20. The van der Waals surface area contributed by atoms with E-state index >= 15 is 0 Å². The Kier molecular flexibility index (Phi) is 6.54. The number of aromatic nitrogens is 1. The van der Waals surface area contributed by atoms with Gasteiger partial charge >= 0.3 is 0 Å². The van der Waals surface area contributed by atoms with E-state index in [0.717, 1.165) is 24.1 Å². The first-order valence-corrected chi connectivity index (χ1v) is 9.16. The highest BCUT2D eigenvalue weighted by Gasteiger charge is 2.18. The van der Waals surface area contributed by atoms with Gasteiger partial charge in [-0.05, 0) is 75.9 Å². The van der Waals surface area contributed by atoms with Gasteiger partial charge in [0, 0.05) is 37.0 Å². The molecule has 0 bridgehead atoms. The molecule has 2 aromatic rings. The van der Waals surface area contributed by atoms with Crippen molar-refractivity contribution in [1.82, 2.24) is 9.88 Å². The third-order valence-corrected chi connectivity index (χ3v) is 4.68. The maximum absolute atomic E-state index is 12.7. The lowest BCUT2D eigenvalue weighted by Gasteiger charge is -2.25. The molecule has 4 nitrogen and oxygen atoms in total. The molecule has 4 heteroatoms. The van der Waals surface area contributed by atoms with Crippen molar-refractivity contribution in [1.29, 1.82) is 0 Å². The van der Waals surface area contributed by atoms with E-state index in [9.17, 15) is 9.90 Å². The summed E-state index contributed by atoms with van der Waals surface area (Å²) in [6.07, 6.45) is 4.03. The van der Waals surface area contributed by atoms with Crippen molar-refractivity contribution < 1.29 is 9.90 Å². The summed E-state index contributed by atoms with van der Waals surface area (Å²) in [5, 5.41) is 9.83. The third kappa shape index (κ3) is 5.95. The Morgan fingerprint density at radius 3 is 2.46 bits per heavy atom. The second-order valence-corrected chi connectivity index (χ2v) is 7.80. The summed E-state index contributed by atoms with van der Waals surface area (Å²) in [6.45, 7) is 7.71. The van der Waals surface area contributed by atoms with E-state index in [4.69, 9.17) is 0 Å². The number of aliphatic hydroxyl groups is 1. The first-order valence-electron chi connectivity index (χ1n) is 9.16. The van der Waals surface area contributed by atoms with Crippen LogP contribution in [0.1, 0.15) is 54.4 Å². The number of hydrogen-bond acceptors (Lipinski definition) is 3. The fourth-order valence-electron chi connectivity index (χ4n) is 2.82. The number of carbonyl (C=O) groups excluding carboxylic acids is 1. The maximum Gasteiger partial charge on any atom is 0.253 e. The van der Waals surface area contributed by atoms with Crippen LogP contribution in [0, 0.1) is 6.92 Å². The highest BCUT2D eigenvalue weighted by Crippen LogP contribution is 2.16. The molecule has 0 saturated carbocycles. The van der Waals surface area contributed by atoms with Crippen molar-refractivity contribution in [3.8, 4) is 0 Å². The van der Waals surface area contributed by atoms with E-state index in [1.54, 1.807) is 4.90 Å². The lowest BCUT2D eigenvalue weighted by atomic mass is 9.98. The number of carbonyl (C=O) groups is 1. The molecule has 1 heterocycles. The number of pyridine rings is 1. The smallest absolute Gasteiger partial charge is 0.253 e. The van der Waals surface area contributed by atoms with Crippen molar-refractivity contribution in [2.24, 2.45) is 0 Å². The van der Waals surface area contributed by atoms with Crippen molar-refractivity contribution >= 4 is 5.91 Å². The average molecular weight is 354 g/mol. The van der Waals surface area contributed by atoms with Crippen molar-refractivity contribution in [3.05, 3.63) is 65.0 Å². The number of hydrogen-bond donors (Lipinski definition) is 1. The van der Waals surface area contributed by atoms with E-state index < -0.39 is 5.60 Å². The largest absolute Gasteiger partial charge is 0.390 e. The third-order valence-electron chi connectivity index (χ3n) is 4.68. The van der Waals surface area contributed by atoms with Crippen LogP contribution in [0.3, 0.4) is 0 Å². The van der Waals surface area contributed by atoms with Crippen molar-refractivity contribution in [2.45, 2.75) is 58.6 Å². The van der Waals surface area contributed by atoms with Gasteiger partial charge in [-0.2, -0.15) is 0 Å². The second-order valence-electron chi connectivity index (χ2n) is 7.80. The summed E-state index contributed by atoms with van der Waals surface area (Å²) < 4.78 is 0. The lowest BCUT2D eigenvalue weighted by molar-refractivity contribution is 0.0711. The Morgan fingerprint density at radius 2 is 1.88 bits per heavy atom. The lowest BCUT2D eigenvalue weighted by Crippen LogP contribution is -2.36. The van der Waals surface area contributed by atoms with E-state index in [0.29, 0.717) is 12.0 Å². The highest BCUT2D eigenvalue weighted by atomic mass is 16.3. The molecule has 1 aromatic heterocycles. The highest BCUT2D eigenvalue weighted by molar-refractivity contribution is 5.94. The number of likely N-dealkylation sites (N-methyl/N-ethyl adjacent to an activating group) is 1. The van der Waals surface area contributed by atoms with Crippen molar-refractivity contribution in [2.75, 3.05) is 7.05 Å². The maximum atomic E-state index is 12.7. The first-order chi connectivity index (χ1) is 12.2. The first kappa shape index (κ1) is 20.1. The molecule has 1 N–H and O–H groups in total. The summed E-state index contributed by atoms with van der Waals surface area (Å²) >= 11 is 0. The quantitative estimate of drug-likeness (QED) is 0.823. The van der Waals surface area contributed by atoms with Gasteiger partial charge in [-0.3, -0.25) is 9.78 Å². The molecule has 1 atom stereocenters. The average Bonchev–Trinajstić information content (AvgIpc) is 2.58. The monoisotopic (exact) mass is 354 g/mol. The molecule has 0 spiro atoms. The topological polar surface area (TPSA) is 53.4 Å². The fourth-order valence-corrected chi connectivity index (χ4v) is 2.82. The molecule has 1 aromatic carbocycles. The minimum atomic E-state index is -0.673.